The van der Waals surface area contributed by atoms with Crippen molar-refractivity contribution in [2.45, 2.75) is 33.5 Å². The summed E-state index contributed by atoms with van der Waals surface area (Å²) in [6.07, 6.45) is -4.34. The van der Waals surface area contributed by atoms with Crippen LogP contribution in [0.15, 0.2) is 48.5 Å². The molecule has 0 aliphatic rings. The number of rotatable bonds is 3. The van der Waals surface area contributed by atoms with Gasteiger partial charge in [-0.2, -0.15) is 13.2 Å². The van der Waals surface area contributed by atoms with Crippen molar-refractivity contribution in [3.8, 4) is 0 Å². The normalized spacial score (nSPS) is 10.5. The molecule has 5 heteroatoms. The van der Waals surface area contributed by atoms with Crippen molar-refractivity contribution < 1.29 is 18.0 Å². The van der Waals surface area contributed by atoms with Crippen molar-refractivity contribution >= 4 is 5.91 Å². The summed E-state index contributed by atoms with van der Waals surface area (Å²) in [5.41, 5.74) is 1.49. The SMILES string of the molecule is CC.Cc1ccc(C(=O)NCc2ccc(C(F)(F)F)cc2)cc1. The average molecular weight is 323 g/mol. The first-order chi connectivity index (χ1) is 10.9. The van der Waals surface area contributed by atoms with E-state index in [-0.39, 0.29) is 12.5 Å². The van der Waals surface area contributed by atoms with Gasteiger partial charge in [-0.25, -0.2) is 0 Å². The molecule has 0 aliphatic carbocycles. The molecule has 0 unspecified atom stereocenters. The summed E-state index contributed by atoms with van der Waals surface area (Å²) in [6.45, 7) is 6.11. The molecule has 0 aromatic heterocycles. The Morgan fingerprint density at radius 3 is 1.96 bits per heavy atom. The van der Waals surface area contributed by atoms with E-state index in [4.69, 9.17) is 0 Å². The summed E-state index contributed by atoms with van der Waals surface area (Å²) >= 11 is 0. The maximum Gasteiger partial charge on any atom is 0.416 e. The third-order valence-electron chi connectivity index (χ3n) is 3.05. The Kier molecular flexibility index (Phi) is 6.82. The summed E-state index contributed by atoms with van der Waals surface area (Å²) in [4.78, 5) is 11.9. The zero-order valence-corrected chi connectivity index (χ0v) is 13.4. The van der Waals surface area contributed by atoms with Crippen LogP contribution < -0.4 is 5.32 Å². The number of carbonyl (C=O) groups is 1. The lowest BCUT2D eigenvalue weighted by atomic mass is 10.1. The molecule has 1 N–H and O–H groups in total. The fourth-order valence-electron chi connectivity index (χ4n) is 1.80. The van der Waals surface area contributed by atoms with Gasteiger partial charge in [-0.15, -0.1) is 0 Å². The largest absolute Gasteiger partial charge is 0.416 e. The molecular weight excluding hydrogens is 303 g/mol. The molecule has 2 aromatic rings. The summed E-state index contributed by atoms with van der Waals surface area (Å²) in [6, 6.07) is 11.8. The van der Waals surface area contributed by atoms with Crippen molar-refractivity contribution in [1.82, 2.24) is 5.32 Å². The van der Waals surface area contributed by atoms with E-state index in [9.17, 15) is 18.0 Å². The van der Waals surface area contributed by atoms with Gasteiger partial charge in [0.1, 0.15) is 0 Å². The minimum absolute atomic E-state index is 0.185. The number of hydrogen-bond acceptors (Lipinski definition) is 1. The van der Waals surface area contributed by atoms with Crippen LogP contribution in [-0.2, 0) is 12.7 Å². The van der Waals surface area contributed by atoms with Gasteiger partial charge in [-0.05, 0) is 36.8 Å². The second kappa shape index (κ2) is 8.36. The molecule has 0 radical (unpaired) electrons. The van der Waals surface area contributed by atoms with Crippen LogP contribution in [-0.4, -0.2) is 5.91 Å². The van der Waals surface area contributed by atoms with Gasteiger partial charge < -0.3 is 5.32 Å². The summed E-state index contributed by atoms with van der Waals surface area (Å²) in [5.74, 6) is -0.255. The first kappa shape index (κ1) is 18.7. The molecule has 2 aromatic carbocycles. The van der Waals surface area contributed by atoms with Crippen LogP contribution in [0.2, 0.25) is 0 Å². The van der Waals surface area contributed by atoms with E-state index in [1.165, 1.54) is 12.1 Å². The van der Waals surface area contributed by atoms with E-state index in [0.29, 0.717) is 11.1 Å². The molecule has 0 aliphatic heterocycles. The Morgan fingerprint density at radius 1 is 0.957 bits per heavy atom. The van der Waals surface area contributed by atoms with Crippen molar-refractivity contribution in [3.63, 3.8) is 0 Å². The van der Waals surface area contributed by atoms with E-state index in [0.717, 1.165) is 17.7 Å². The van der Waals surface area contributed by atoms with E-state index >= 15 is 0 Å². The van der Waals surface area contributed by atoms with Gasteiger partial charge in [0.25, 0.3) is 5.91 Å². The zero-order chi connectivity index (χ0) is 17.5. The van der Waals surface area contributed by atoms with Gasteiger partial charge in [0, 0.05) is 12.1 Å². The maximum atomic E-state index is 12.4. The van der Waals surface area contributed by atoms with Crippen molar-refractivity contribution in [3.05, 3.63) is 70.8 Å². The van der Waals surface area contributed by atoms with Crippen molar-refractivity contribution in [2.24, 2.45) is 0 Å². The smallest absolute Gasteiger partial charge is 0.348 e. The molecule has 0 heterocycles. The lowest BCUT2D eigenvalue weighted by molar-refractivity contribution is -0.137. The first-order valence-corrected chi connectivity index (χ1v) is 7.37. The topological polar surface area (TPSA) is 29.1 Å². The molecule has 0 saturated heterocycles. The highest BCUT2D eigenvalue weighted by Crippen LogP contribution is 2.29. The highest BCUT2D eigenvalue weighted by atomic mass is 19.4. The van der Waals surface area contributed by atoms with Crippen LogP contribution in [0.1, 0.15) is 40.9 Å². The van der Waals surface area contributed by atoms with Gasteiger partial charge in [0.15, 0.2) is 0 Å². The van der Waals surface area contributed by atoms with Crippen LogP contribution in [0.4, 0.5) is 13.2 Å². The van der Waals surface area contributed by atoms with Gasteiger partial charge >= 0.3 is 6.18 Å². The number of nitrogens with one attached hydrogen (secondary N) is 1. The van der Waals surface area contributed by atoms with E-state index in [2.05, 4.69) is 5.32 Å². The number of alkyl halides is 3. The van der Waals surface area contributed by atoms with Crippen molar-refractivity contribution in [1.29, 1.82) is 0 Å². The van der Waals surface area contributed by atoms with E-state index < -0.39 is 11.7 Å². The fourth-order valence-corrected chi connectivity index (χ4v) is 1.80. The molecule has 23 heavy (non-hydrogen) atoms. The molecule has 1 amide bonds. The number of hydrogen-bond donors (Lipinski definition) is 1. The maximum absolute atomic E-state index is 12.4. The minimum atomic E-state index is -4.34. The highest BCUT2D eigenvalue weighted by molar-refractivity contribution is 5.94. The van der Waals surface area contributed by atoms with E-state index in [1.54, 1.807) is 12.1 Å². The summed E-state index contributed by atoms with van der Waals surface area (Å²) in [5, 5.41) is 2.67. The first-order valence-electron chi connectivity index (χ1n) is 7.37. The predicted molar refractivity (Wildman–Crippen MR) is 85.1 cm³/mol. The van der Waals surface area contributed by atoms with Crippen LogP contribution in [0.3, 0.4) is 0 Å². The Bertz CT molecular complexity index is 616. The fraction of sp³-hybridized carbons (Fsp3) is 0.278. The molecule has 0 spiro atoms. The molecule has 0 fully saturated rings. The van der Waals surface area contributed by atoms with Gasteiger partial charge in [-0.3, -0.25) is 4.79 Å². The molecule has 2 nitrogen and oxygen atoms in total. The highest BCUT2D eigenvalue weighted by Gasteiger charge is 2.29. The minimum Gasteiger partial charge on any atom is -0.348 e. The molecular formula is C18H20F3NO. The second-order valence-electron chi connectivity index (χ2n) is 4.74. The number of benzene rings is 2. The average Bonchev–Trinajstić information content (AvgIpc) is 2.55. The van der Waals surface area contributed by atoms with Gasteiger partial charge in [-0.1, -0.05) is 43.7 Å². The Balaban J connectivity index is 0.00000127. The molecule has 0 atom stereocenters. The van der Waals surface area contributed by atoms with Gasteiger partial charge in [0.2, 0.25) is 0 Å². The standard InChI is InChI=1S/C16H14F3NO.C2H6/c1-11-2-6-13(7-3-11)15(21)20-10-12-4-8-14(9-5-12)16(17,18)19;1-2/h2-9H,10H2,1H3,(H,20,21);1-2H3. The molecule has 124 valence electrons. The third kappa shape index (κ3) is 5.77. The van der Waals surface area contributed by atoms with Crippen LogP contribution in [0.25, 0.3) is 0 Å². The van der Waals surface area contributed by atoms with Crippen LogP contribution in [0.5, 0.6) is 0 Å². The monoisotopic (exact) mass is 323 g/mol. The van der Waals surface area contributed by atoms with Gasteiger partial charge in [0.05, 0.1) is 5.56 Å². The quantitative estimate of drug-likeness (QED) is 0.849. The number of aryl methyl sites for hydroxylation is 1. The Labute approximate surface area is 134 Å². The van der Waals surface area contributed by atoms with E-state index in [1.807, 2.05) is 32.9 Å². The summed E-state index contributed by atoms with van der Waals surface area (Å²) < 4.78 is 37.3. The lowest BCUT2D eigenvalue weighted by Crippen LogP contribution is -2.22. The third-order valence-corrected chi connectivity index (χ3v) is 3.05. The number of halogens is 3. The number of carbonyl (C=O) groups excluding carboxylic acids is 1. The molecule has 2 rings (SSSR count). The number of amides is 1. The summed E-state index contributed by atoms with van der Waals surface area (Å²) in [7, 11) is 0. The second-order valence-corrected chi connectivity index (χ2v) is 4.74. The Hall–Kier alpha value is -2.30. The lowest BCUT2D eigenvalue weighted by Gasteiger charge is -2.09. The Morgan fingerprint density at radius 2 is 1.48 bits per heavy atom. The van der Waals surface area contributed by atoms with Crippen LogP contribution >= 0.6 is 0 Å². The van der Waals surface area contributed by atoms with Crippen LogP contribution in [0, 0.1) is 6.92 Å². The predicted octanol–water partition coefficient (Wildman–Crippen LogP) is 4.97. The molecule has 0 bridgehead atoms. The molecule has 0 saturated carbocycles. The zero-order valence-electron chi connectivity index (χ0n) is 13.4. The van der Waals surface area contributed by atoms with Crippen molar-refractivity contribution in [2.75, 3.05) is 0 Å².